The smallest absolute Gasteiger partial charge is 0.111 e. The van der Waals surface area contributed by atoms with E-state index in [0.29, 0.717) is 11.2 Å². The van der Waals surface area contributed by atoms with Crippen molar-refractivity contribution in [2.75, 3.05) is 0 Å². The Balaban J connectivity index is 1.52. The van der Waals surface area contributed by atoms with E-state index in [1.807, 2.05) is 6.08 Å². The van der Waals surface area contributed by atoms with Crippen LogP contribution in [-0.2, 0) is 0 Å². The number of fused-ring (bicyclic) bond motifs is 5. The van der Waals surface area contributed by atoms with Crippen molar-refractivity contribution < 1.29 is 5.11 Å². The van der Waals surface area contributed by atoms with Crippen LogP contribution in [0.2, 0.25) is 0 Å². The monoisotopic (exact) mass is 382 g/mol. The molecular formula is C27H42O. The van der Waals surface area contributed by atoms with Crippen molar-refractivity contribution in [3.63, 3.8) is 0 Å². The molecule has 0 aliphatic heterocycles. The van der Waals surface area contributed by atoms with E-state index >= 15 is 0 Å². The molecule has 4 aliphatic carbocycles. The molecule has 156 valence electrons. The van der Waals surface area contributed by atoms with Gasteiger partial charge in [-0.2, -0.15) is 0 Å². The third kappa shape index (κ3) is 3.21. The predicted molar refractivity (Wildman–Crippen MR) is 119 cm³/mol. The predicted octanol–water partition coefficient (Wildman–Crippen LogP) is 7.86. The minimum absolute atomic E-state index is 0.230. The van der Waals surface area contributed by atoms with Gasteiger partial charge in [0.15, 0.2) is 0 Å². The van der Waals surface area contributed by atoms with Gasteiger partial charge in [-0.15, -0.1) is 0 Å². The van der Waals surface area contributed by atoms with Crippen LogP contribution in [0, 0.1) is 46.3 Å². The van der Waals surface area contributed by atoms with Gasteiger partial charge in [0.1, 0.15) is 5.76 Å². The Morgan fingerprint density at radius 3 is 2.61 bits per heavy atom. The van der Waals surface area contributed by atoms with Crippen LogP contribution in [0.15, 0.2) is 35.6 Å². The van der Waals surface area contributed by atoms with Crippen LogP contribution >= 0.6 is 0 Å². The van der Waals surface area contributed by atoms with E-state index in [2.05, 4.69) is 52.8 Å². The van der Waals surface area contributed by atoms with Crippen LogP contribution in [0.25, 0.3) is 0 Å². The fraction of sp³-hybridized carbons (Fsp3) is 0.778. The molecule has 1 N–H and O–H groups in total. The lowest BCUT2D eigenvalue weighted by atomic mass is 9.48. The summed E-state index contributed by atoms with van der Waals surface area (Å²) in [5.74, 6) is 5.44. The number of rotatable bonds is 5. The minimum atomic E-state index is 0.230. The second-order valence-electron chi connectivity index (χ2n) is 11.5. The Kier molecular flexibility index (Phi) is 5.34. The van der Waals surface area contributed by atoms with Gasteiger partial charge < -0.3 is 5.11 Å². The Labute approximate surface area is 173 Å². The quantitative estimate of drug-likeness (QED) is 0.513. The zero-order valence-corrected chi connectivity index (χ0v) is 18.9. The van der Waals surface area contributed by atoms with Crippen LogP contribution in [-0.4, -0.2) is 5.11 Å². The van der Waals surface area contributed by atoms with Crippen molar-refractivity contribution in [2.24, 2.45) is 46.3 Å². The summed E-state index contributed by atoms with van der Waals surface area (Å²) in [6, 6.07) is 0. The molecule has 1 nitrogen and oxygen atoms in total. The van der Waals surface area contributed by atoms with Gasteiger partial charge in [-0.3, -0.25) is 0 Å². The van der Waals surface area contributed by atoms with Crippen molar-refractivity contribution in [3.8, 4) is 0 Å². The van der Waals surface area contributed by atoms with E-state index < -0.39 is 0 Å². The normalized spacial score (nSPS) is 43.1. The molecular weight excluding hydrogens is 340 g/mol. The Bertz CT molecular complexity index is 682. The van der Waals surface area contributed by atoms with Gasteiger partial charge in [0, 0.05) is 0 Å². The highest BCUT2D eigenvalue weighted by Gasteiger charge is 2.58. The molecule has 4 rings (SSSR count). The lowest BCUT2D eigenvalue weighted by Crippen LogP contribution is -2.48. The lowest BCUT2D eigenvalue weighted by molar-refractivity contribution is -0.0226. The number of hydrogen-bond donors (Lipinski definition) is 1. The minimum Gasteiger partial charge on any atom is -0.508 e. The van der Waals surface area contributed by atoms with Crippen LogP contribution in [0.1, 0.15) is 86.0 Å². The van der Waals surface area contributed by atoms with Crippen molar-refractivity contribution in [1.82, 2.24) is 0 Å². The first-order valence-corrected chi connectivity index (χ1v) is 12.0. The zero-order chi connectivity index (χ0) is 20.1. The van der Waals surface area contributed by atoms with E-state index in [1.165, 1.54) is 50.5 Å². The highest BCUT2D eigenvalue weighted by atomic mass is 16.3. The largest absolute Gasteiger partial charge is 0.508 e. The van der Waals surface area contributed by atoms with Gasteiger partial charge >= 0.3 is 0 Å². The van der Waals surface area contributed by atoms with E-state index in [9.17, 15) is 5.11 Å². The molecule has 0 amide bonds. The summed E-state index contributed by atoms with van der Waals surface area (Å²) in [6.45, 7) is 12.4. The molecule has 7 atom stereocenters. The first kappa shape index (κ1) is 20.3. The molecule has 0 heterocycles. The molecule has 0 aromatic carbocycles. The standard InChI is InChI=1S/C27H42O/c1-18(2)7-6-8-19(3)23-11-12-24-22-10-9-20-17-21(28)13-15-26(20,4)25(22)14-16-27(23,24)5/h9-10,13,17-19,22-25,28H,6-8,11-12,14-16H2,1-5H3/t19-,22+,23-,24+,25+,26+,27-/m1/s1. The molecule has 2 fully saturated rings. The molecule has 0 radical (unpaired) electrons. The summed E-state index contributed by atoms with van der Waals surface area (Å²) in [5.41, 5.74) is 2.13. The number of aliphatic hydroxyl groups excluding tert-OH is 1. The van der Waals surface area contributed by atoms with Crippen LogP contribution in [0.4, 0.5) is 0 Å². The summed E-state index contributed by atoms with van der Waals surface area (Å²) in [7, 11) is 0. The second kappa shape index (κ2) is 7.37. The van der Waals surface area contributed by atoms with E-state index in [-0.39, 0.29) is 5.41 Å². The second-order valence-corrected chi connectivity index (χ2v) is 11.5. The summed E-state index contributed by atoms with van der Waals surface area (Å²) >= 11 is 0. The summed E-state index contributed by atoms with van der Waals surface area (Å²) in [6.07, 6.45) is 19.9. The molecule has 1 heteroatoms. The topological polar surface area (TPSA) is 20.2 Å². The van der Waals surface area contributed by atoms with Gasteiger partial charge in [0.05, 0.1) is 0 Å². The first-order valence-electron chi connectivity index (χ1n) is 12.0. The molecule has 0 spiro atoms. The SMILES string of the molecule is CC(C)CCC[C@@H](C)[C@H]1CC[C@H]2[C@@H]3C=CC4=CC(O)=CC[C@]4(C)[C@H]3CC[C@]12C. The van der Waals surface area contributed by atoms with Gasteiger partial charge in [-0.25, -0.2) is 0 Å². The maximum absolute atomic E-state index is 10.0. The fourth-order valence-electron chi connectivity index (χ4n) is 7.87. The lowest BCUT2D eigenvalue weighted by Gasteiger charge is -2.56. The summed E-state index contributed by atoms with van der Waals surface area (Å²) < 4.78 is 0. The Hall–Kier alpha value is -0.980. The summed E-state index contributed by atoms with van der Waals surface area (Å²) in [4.78, 5) is 0. The molecule has 0 aromatic heterocycles. The third-order valence-electron chi connectivity index (χ3n) is 9.55. The maximum Gasteiger partial charge on any atom is 0.111 e. The van der Waals surface area contributed by atoms with Gasteiger partial charge in [0.25, 0.3) is 0 Å². The molecule has 28 heavy (non-hydrogen) atoms. The highest BCUT2D eigenvalue weighted by molar-refractivity contribution is 5.41. The Morgan fingerprint density at radius 2 is 1.86 bits per heavy atom. The van der Waals surface area contributed by atoms with Crippen molar-refractivity contribution in [1.29, 1.82) is 0 Å². The fourth-order valence-corrected chi connectivity index (χ4v) is 7.87. The number of allylic oxidation sites excluding steroid dienone is 5. The van der Waals surface area contributed by atoms with E-state index in [4.69, 9.17) is 0 Å². The van der Waals surface area contributed by atoms with Crippen molar-refractivity contribution >= 4 is 0 Å². The summed E-state index contributed by atoms with van der Waals surface area (Å²) in [5, 5.41) is 10.0. The van der Waals surface area contributed by atoms with Gasteiger partial charge in [-0.1, -0.05) is 66.0 Å². The van der Waals surface area contributed by atoms with Crippen LogP contribution < -0.4 is 0 Å². The molecule has 0 aromatic rings. The zero-order valence-electron chi connectivity index (χ0n) is 18.9. The highest BCUT2D eigenvalue weighted by Crippen LogP contribution is 2.66. The third-order valence-corrected chi connectivity index (χ3v) is 9.55. The number of aliphatic hydroxyl groups is 1. The average Bonchev–Trinajstić information content (AvgIpc) is 2.99. The van der Waals surface area contributed by atoms with Crippen molar-refractivity contribution in [3.05, 3.63) is 35.6 Å². The van der Waals surface area contributed by atoms with Crippen LogP contribution in [0.5, 0.6) is 0 Å². The van der Waals surface area contributed by atoms with E-state index in [0.717, 1.165) is 41.9 Å². The molecule has 0 bridgehead atoms. The maximum atomic E-state index is 10.0. The molecule has 0 unspecified atom stereocenters. The molecule has 2 saturated carbocycles. The molecule has 0 saturated heterocycles. The van der Waals surface area contributed by atoms with Crippen LogP contribution in [0.3, 0.4) is 0 Å². The average molecular weight is 383 g/mol. The Morgan fingerprint density at radius 1 is 1.07 bits per heavy atom. The van der Waals surface area contributed by atoms with Crippen molar-refractivity contribution in [2.45, 2.75) is 86.0 Å². The van der Waals surface area contributed by atoms with Gasteiger partial charge in [-0.05, 0) is 96.2 Å². The van der Waals surface area contributed by atoms with E-state index in [1.54, 1.807) is 0 Å². The van der Waals surface area contributed by atoms with Gasteiger partial charge in [0.2, 0.25) is 0 Å². The molecule has 4 aliphatic rings. The number of hydrogen-bond acceptors (Lipinski definition) is 1. The first-order chi connectivity index (χ1) is 13.3.